The van der Waals surface area contributed by atoms with E-state index in [9.17, 15) is 5.11 Å². The van der Waals surface area contributed by atoms with Gasteiger partial charge in [-0.1, -0.05) is 23.8 Å². The van der Waals surface area contributed by atoms with E-state index in [4.69, 9.17) is 0 Å². The summed E-state index contributed by atoms with van der Waals surface area (Å²) in [7, 11) is 0. The molecule has 2 heterocycles. The van der Waals surface area contributed by atoms with Crippen LogP contribution in [-0.2, 0) is 0 Å². The molecule has 1 fully saturated rings. The Hall–Kier alpha value is -2.60. The Labute approximate surface area is 146 Å². The molecule has 4 rings (SSSR count). The molecule has 1 aliphatic rings. The van der Waals surface area contributed by atoms with E-state index < -0.39 is 0 Å². The number of aromatic nitrogens is 3. The van der Waals surface area contributed by atoms with Crippen molar-refractivity contribution in [2.24, 2.45) is 0 Å². The van der Waals surface area contributed by atoms with Gasteiger partial charge >= 0.3 is 0 Å². The Morgan fingerprint density at radius 2 is 1.80 bits per heavy atom. The number of nitrogens with one attached hydrogen (secondary N) is 2. The Morgan fingerprint density at radius 3 is 2.56 bits per heavy atom. The average molecular weight is 337 g/mol. The highest BCUT2D eigenvalue weighted by Gasteiger charge is 2.20. The first-order valence-electron chi connectivity index (χ1n) is 8.81. The highest BCUT2D eigenvalue weighted by atomic mass is 16.3. The van der Waals surface area contributed by atoms with Crippen molar-refractivity contribution in [1.29, 1.82) is 0 Å². The second-order valence-corrected chi connectivity index (χ2v) is 6.76. The Balaban J connectivity index is 1.54. The molecule has 6 heteroatoms. The first-order valence-corrected chi connectivity index (χ1v) is 8.81. The zero-order valence-electron chi connectivity index (χ0n) is 14.3. The third-order valence-electron chi connectivity index (χ3n) is 4.72. The lowest BCUT2D eigenvalue weighted by molar-refractivity contribution is 0.126. The van der Waals surface area contributed by atoms with E-state index >= 15 is 0 Å². The van der Waals surface area contributed by atoms with Crippen LogP contribution in [0.1, 0.15) is 31.2 Å². The van der Waals surface area contributed by atoms with Crippen molar-refractivity contribution in [2.75, 3.05) is 10.6 Å². The molecule has 1 aliphatic carbocycles. The number of hydrogen-bond acceptors (Lipinski definition) is 5. The zero-order valence-corrected chi connectivity index (χ0v) is 14.3. The minimum absolute atomic E-state index is 0.148. The summed E-state index contributed by atoms with van der Waals surface area (Å²) >= 11 is 0. The molecule has 0 spiro atoms. The molecule has 0 amide bonds. The molecule has 1 saturated carbocycles. The summed E-state index contributed by atoms with van der Waals surface area (Å²) in [6.07, 6.45) is 3.50. The zero-order chi connectivity index (χ0) is 17.2. The first kappa shape index (κ1) is 15.9. The van der Waals surface area contributed by atoms with Gasteiger partial charge in [0.25, 0.3) is 0 Å². The van der Waals surface area contributed by atoms with Gasteiger partial charge in [0.1, 0.15) is 5.82 Å². The minimum atomic E-state index is -0.148. The van der Waals surface area contributed by atoms with E-state index in [1.165, 1.54) is 5.56 Å². The normalized spacial score (nSPS) is 20.6. The van der Waals surface area contributed by atoms with Gasteiger partial charge < -0.3 is 15.7 Å². The number of anilines is 3. The summed E-state index contributed by atoms with van der Waals surface area (Å²) in [4.78, 5) is 4.56. The predicted molar refractivity (Wildman–Crippen MR) is 99.3 cm³/mol. The van der Waals surface area contributed by atoms with Gasteiger partial charge in [0, 0.05) is 11.7 Å². The number of benzene rings is 1. The van der Waals surface area contributed by atoms with Crippen LogP contribution in [0, 0.1) is 6.92 Å². The van der Waals surface area contributed by atoms with Crippen LogP contribution in [0.3, 0.4) is 0 Å². The maximum Gasteiger partial charge on any atom is 0.247 e. The van der Waals surface area contributed by atoms with Gasteiger partial charge in [-0.2, -0.15) is 9.50 Å². The number of pyridine rings is 1. The van der Waals surface area contributed by atoms with Crippen LogP contribution < -0.4 is 10.6 Å². The van der Waals surface area contributed by atoms with E-state index in [0.29, 0.717) is 12.0 Å². The van der Waals surface area contributed by atoms with Crippen LogP contribution >= 0.6 is 0 Å². The molecule has 0 aliphatic heterocycles. The maximum atomic E-state index is 9.66. The molecule has 0 atom stereocenters. The fourth-order valence-corrected chi connectivity index (χ4v) is 3.26. The van der Waals surface area contributed by atoms with E-state index in [1.54, 1.807) is 0 Å². The lowest BCUT2D eigenvalue weighted by Gasteiger charge is -2.26. The van der Waals surface area contributed by atoms with E-state index in [0.717, 1.165) is 42.8 Å². The molecule has 3 aromatic rings. The monoisotopic (exact) mass is 337 g/mol. The van der Waals surface area contributed by atoms with Crippen LogP contribution in [0.2, 0.25) is 0 Å². The highest BCUT2D eigenvalue weighted by Crippen LogP contribution is 2.23. The molecule has 3 N–H and O–H groups in total. The summed E-state index contributed by atoms with van der Waals surface area (Å²) < 4.78 is 1.83. The van der Waals surface area contributed by atoms with E-state index in [1.807, 2.05) is 34.8 Å². The smallest absolute Gasteiger partial charge is 0.247 e. The standard InChI is InChI=1S/C19H23N5O/c1-13-5-7-15(8-6-13)21-19-22-18-4-2-3-17(24(18)23-19)20-14-9-11-16(25)12-10-14/h2-8,14,16,20,25H,9-12H2,1H3,(H,21,23)/t14-,16+. The lowest BCUT2D eigenvalue weighted by Crippen LogP contribution is -2.29. The molecule has 6 nitrogen and oxygen atoms in total. The van der Waals surface area contributed by atoms with Crippen molar-refractivity contribution in [3.63, 3.8) is 0 Å². The van der Waals surface area contributed by atoms with Gasteiger partial charge in [-0.25, -0.2) is 0 Å². The van der Waals surface area contributed by atoms with Gasteiger partial charge in [-0.3, -0.25) is 0 Å². The quantitative estimate of drug-likeness (QED) is 0.679. The molecule has 0 unspecified atom stereocenters. The lowest BCUT2D eigenvalue weighted by atomic mass is 9.93. The van der Waals surface area contributed by atoms with Crippen LogP contribution in [0.15, 0.2) is 42.5 Å². The molecule has 25 heavy (non-hydrogen) atoms. The number of aliphatic hydroxyl groups excluding tert-OH is 1. The number of fused-ring (bicyclic) bond motifs is 1. The third-order valence-corrected chi connectivity index (χ3v) is 4.72. The number of rotatable bonds is 4. The second kappa shape index (κ2) is 6.72. The second-order valence-electron chi connectivity index (χ2n) is 6.76. The molecule has 0 radical (unpaired) electrons. The fraction of sp³-hybridized carbons (Fsp3) is 0.368. The van der Waals surface area contributed by atoms with Crippen molar-refractivity contribution >= 4 is 23.1 Å². The Kier molecular flexibility index (Phi) is 4.28. The Morgan fingerprint density at radius 1 is 1.04 bits per heavy atom. The van der Waals surface area contributed by atoms with Crippen LogP contribution in [0.5, 0.6) is 0 Å². The third kappa shape index (κ3) is 3.58. The number of aliphatic hydroxyl groups is 1. The largest absolute Gasteiger partial charge is 0.393 e. The Bertz CT molecular complexity index is 850. The van der Waals surface area contributed by atoms with E-state index in [-0.39, 0.29) is 6.10 Å². The molecular formula is C19H23N5O. The van der Waals surface area contributed by atoms with E-state index in [2.05, 4.69) is 39.8 Å². The molecule has 0 saturated heterocycles. The summed E-state index contributed by atoms with van der Waals surface area (Å²) in [6.45, 7) is 2.06. The minimum Gasteiger partial charge on any atom is -0.393 e. The average Bonchev–Trinajstić information content (AvgIpc) is 3.02. The van der Waals surface area contributed by atoms with Crippen molar-refractivity contribution in [2.45, 2.75) is 44.8 Å². The predicted octanol–water partition coefficient (Wildman–Crippen LogP) is 3.50. The van der Waals surface area contributed by atoms with Crippen molar-refractivity contribution in [3.05, 3.63) is 48.0 Å². The van der Waals surface area contributed by atoms with Crippen molar-refractivity contribution < 1.29 is 5.11 Å². The van der Waals surface area contributed by atoms with Crippen molar-refractivity contribution in [3.8, 4) is 0 Å². The summed E-state index contributed by atoms with van der Waals surface area (Å²) in [5, 5.41) is 21.1. The highest BCUT2D eigenvalue weighted by molar-refractivity contribution is 5.58. The van der Waals surface area contributed by atoms with Crippen molar-refractivity contribution in [1.82, 2.24) is 14.6 Å². The maximum absolute atomic E-state index is 9.66. The summed E-state index contributed by atoms with van der Waals surface area (Å²) in [6, 6.07) is 14.5. The SMILES string of the molecule is Cc1ccc(Nc2nc3cccc(N[C@H]4CC[C@@H](O)CC4)n3n2)cc1. The molecule has 130 valence electrons. The van der Waals surface area contributed by atoms with Gasteiger partial charge in [-0.05, 0) is 56.9 Å². The topological polar surface area (TPSA) is 74.5 Å². The van der Waals surface area contributed by atoms with Crippen LogP contribution in [0.4, 0.5) is 17.5 Å². The fourth-order valence-electron chi connectivity index (χ4n) is 3.26. The van der Waals surface area contributed by atoms with Crippen LogP contribution in [-0.4, -0.2) is 31.9 Å². The molecule has 0 bridgehead atoms. The first-order chi connectivity index (χ1) is 12.2. The van der Waals surface area contributed by atoms with Gasteiger partial charge in [-0.15, -0.1) is 5.10 Å². The molecule has 2 aromatic heterocycles. The van der Waals surface area contributed by atoms with Gasteiger partial charge in [0.05, 0.1) is 6.10 Å². The number of nitrogens with zero attached hydrogens (tertiary/aromatic N) is 3. The summed E-state index contributed by atoms with van der Waals surface area (Å²) in [5.74, 6) is 1.51. The summed E-state index contributed by atoms with van der Waals surface area (Å²) in [5.41, 5.74) is 2.99. The molecule has 1 aromatic carbocycles. The number of aryl methyl sites for hydroxylation is 1. The van der Waals surface area contributed by atoms with Gasteiger partial charge in [0.2, 0.25) is 5.95 Å². The molecular weight excluding hydrogens is 314 g/mol. The van der Waals surface area contributed by atoms with Gasteiger partial charge in [0.15, 0.2) is 5.65 Å². The number of hydrogen-bond donors (Lipinski definition) is 3. The van der Waals surface area contributed by atoms with Crippen LogP contribution in [0.25, 0.3) is 5.65 Å².